The van der Waals surface area contributed by atoms with Gasteiger partial charge in [0.2, 0.25) is 5.75 Å². The summed E-state index contributed by atoms with van der Waals surface area (Å²) in [4.78, 5) is 30.0. The molecule has 0 aromatic heterocycles. The summed E-state index contributed by atoms with van der Waals surface area (Å²) in [7, 11) is 1.14. The monoisotopic (exact) mass is 226 g/mol. The molecule has 0 saturated heterocycles. The Bertz CT molecular complexity index is 470. The molecular formula is C8H6N2O6. The second-order valence-electron chi connectivity index (χ2n) is 2.72. The van der Waals surface area contributed by atoms with Gasteiger partial charge in [-0.1, -0.05) is 0 Å². The van der Waals surface area contributed by atoms with Crippen LogP contribution in [0.5, 0.6) is 5.75 Å². The highest BCUT2D eigenvalue weighted by Crippen LogP contribution is 2.34. The van der Waals surface area contributed by atoms with Crippen LogP contribution in [0.15, 0.2) is 12.1 Å². The number of carbonyl (C=O) groups excluding carboxylic acids is 1. The minimum atomic E-state index is -0.848. The van der Waals surface area contributed by atoms with Crippen molar-refractivity contribution in [1.82, 2.24) is 0 Å². The van der Waals surface area contributed by atoms with E-state index in [-0.39, 0.29) is 17.6 Å². The van der Waals surface area contributed by atoms with Gasteiger partial charge < -0.3 is 4.74 Å². The fourth-order valence-corrected chi connectivity index (χ4v) is 1.17. The van der Waals surface area contributed by atoms with Crippen LogP contribution in [0.2, 0.25) is 0 Å². The molecule has 0 amide bonds. The van der Waals surface area contributed by atoms with Crippen molar-refractivity contribution in [2.24, 2.45) is 0 Å². The molecular weight excluding hydrogens is 220 g/mol. The summed E-state index contributed by atoms with van der Waals surface area (Å²) in [5.74, 6) is -0.286. The number of aldehydes is 1. The first-order chi connectivity index (χ1) is 7.51. The molecule has 0 atom stereocenters. The van der Waals surface area contributed by atoms with Crippen molar-refractivity contribution in [3.8, 4) is 5.75 Å². The summed E-state index contributed by atoms with van der Waals surface area (Å²) in [6.45, 7) is 0. The molecule has 0 aliphatic carbocycles. The van der Waals surface area contributed by atoms with Crippen molar-refractivity contribution in [2.75, 3.05) is 7.11 Å². The van der Waals surface area contributed by atoms with Crippen molar-refractivity contribution >= 4 is 17.7 Å². The van der Waals surface area contributed by atoms with Gasteiger partial charge in [-0.3, -0.25) is 25.0 Å². The van der Waals surface area contributed by atoms with E-state index in [0.29, 0.717) is 0 Å². The molecule has 0 heterocycles. The highest BCUT2D eigenvalue weighted by Gasteiger charge is 2.24. The average Bonchev–Trinajstić information content (AvgIpc) is 2.26. The third kappa shape index (κ3) is 1.95. The lowest BCUT2D eigenvalue weighted by Crippen LogP contribution is -2.00. The van der Waals surface area contributed by atoms with E-state index in [2.05, 4.69) is 4.74 Å². The van der Waals surface area contributed by atoms with E-state index in [1.807, 2.05) is 0 Å². The van der Waals surface area contributed by atoms with Crippen LogP contribution in [0, 0.1) is 20.2 Å². The number of carbonyl (C=O) groups is 1. The van der Waals surface area contributed by atoms with E-state index < -0.39 is 21.2 Å². The Balaban J connectivity index is 3.55. The van der Waals surface area contributed by atoms with Crippen LogP contribution in [-0.4, -0.2) is 23.2 Å². The van der Waals surface area contributed by atoms with Crippen molar-refractivity contribution in [3.05, 3.63) is 37.9 Å². The van der Waals surface area contributed by atoms with Gasteiger partial charge in [0, 0.05) is 6.07 Å². The van der Waals surface area contributed by atoms with E-state index in [4.69, 9.17) is 0 Å². The maximum absolute atomic E-state index is 10.6. The Labute approximate surface area is 88.7 Å². The first kappa shape index (κ1) is 11.6. The first-order valence-corrected chi connectivity index (χ1v) is 3.97. The molecule has 0 aliphatic heterocycles. The quantitative estimate of drug-likeness (QED) is 0.434. The topological polar surface area (TPSA) is 113 Å². The molecule has 1 aromatic carbocycles. The number of hydrogen-bond acceptors (Lipinski definition) is 6. The Kier molecular flexibility index (Phi) is 3.14. The van der Waals surface area contributed by atoms with Gasteiger partial charge in [0.1, 0.15) is 0 Å². The molecule has 1 rings (SSSR count). The lowest BCUT2D eigenvalue weighted by Gasteiger charge is -2.03. The zero-order chi connectivity index (χ0) is 12.3. The van der Waals surface area contributed by atoms with Crippen molar-refractivity contribution < 1.29 is 19.4 Å². The van der Waals surface area contributed by atoms with Crippen LogP contribution in [0.4, 0.5) is 11.4 Å². The van der Waals surface area contributed by atoms with E-state index in [1.54, 1.807) is 0 Å². The fraction of sp³-hybridized carbons (Fsp3) is 0.125. The fourth-order valence-electron chi connectivity index (χ4n) is 1.17. The number of nitro groups is 2. The third-order valence-corrected chi connectivity index (χ3v) is 1.82. The Hall–Kier alpha value is -2.51. The zero-order valence-corrected chi connectivity index (χ0v) is 8.08. The molecule has 0 saturated carbocycles. The van der Waals surface area contributed by atoms with Gasteiger partial charge >= 0.3 is 5.69 Å². The second-order valence-corrected chi connectivity index (χ2v) is 2.72. The molecule has 0 fully saturated rings. The molecule has 0 aliphatic rings. The molecule has 0 N–H and O–H groups in total. The number of methoxy groups -OCH3 is 1. The van der Waals surface area contributed by atoms with Crippen LogP contribution < -0.4 is 4.74 Å². The average molecular weight is 226 g/mol. The summed E-state index contributed by atoms with van der Waals surface area (Å²) in [6, 6.07) is 1.66. The molecule has 0 radical (unpaired) electrons. The molecule has 0 bridgehead atoms. The van der Waals surface area contributed by atoms with Crippen LogP contribution in [0.1, 0.15) is 10.4 Å². The van der Waals surface area contributed by atoms with Gasteiger partial charge in [-0.25, -0.2) is 0 Å². The van der Waals surface area contributed by atoms with E-state index in [0.717, 1.165) is 19.2 Å². The van der Waals surface area contributed by atoms with Gasteiger partial charge in [-0.15, -0.1) is 0 Å². The summed E-state index contributed by atoms with van der Waals surface area (Å²) in [5.41, 5.74) is -1.38. The van der Waals surface area contributed by atoms with Crippen LogP contribution in [-0.2, 0) is 0 Å². The predicted octanol–water partition coefficient (Wildman–Crippen LogP) is 1.32. The Morgan fingerprint density at radius 2 is 1.88 bits per heavy atom. The van der Waals surface area contributed by atoms with E-state index in [1.165, 1.54) is 0 Å². The first-order valence-electron chi connectivity index (χ1n) is 3.97. The maximum atomic E-state index is 10.6. The SMILES string of the molecule is COc1c(C=O)cc([N+](=O)[O-])cc1[N+](=O)[O-]. The summed E-state index contributed by atoms with van der Waals surface area (Å²) in [6.07, 6.45) is 0.263. The lowest BCUT2D eigenvalue weighted by molar-refractivity contribution is -0.394. The Morgan fingerprint density at radius 1 is 1.25 bits per heavy atom. The van der Waals surface area contributed by atoms with Gasteiger partial charge in [-0.05, 0) is 0 Å². The molecule has 8 heteroatoms. The summed E-state index contributed by atoms with van der Waals surface area (Å²) < 4.78 is 4.67. The van der Waals surface area contributed by atoms with Crippen molar-refractivity contribution in [3.63, 3.8) is 0 Å². The number of nitro benzene ring substituents is 2. The standard InChI is InChI=1S/C8H6N2O6/c1-16-8-5(4-11)2-6(9(12)13)3-7(8)10(14)15/h2-4H,1H3. The molecule has 1 aromatic rings. The number of non-ortho nitro benzene ring substituents is 1. The smallest absolute Gasteiger partial charge is 0.318 e. The molecule has 0 spiro atoms. The van der Waals surface area contributed by atoms with Crippen LogP contribution in [0.25, 0.3) is 0 Å². The number of ether oxygens (including phenoxy) is 1. The van der Waals surface area contributed by atoms with Gasteiger partial charge in [0.25, 0.3) is 5.69 Å². The number of hydrogen-bond donors (Lipinski definition) is 0. The highest BCUT2D eigenvalue weighted by molar-refractivity contribution is 5.84. The maximum Gasteiger partial charge on any atom is 0.318 e. The lowest BCUT2D eigenvalue weighted by atomic mass is 10.1. The van der Waals surface area contributed by atoms with Crippen molar-refractivity contribution in [2.45, 2.75) is 0 Å². The minimum Gasteiger partial charge on any atom is -0.490 e. The van der Waals surface area contributed by atoms with Gasteiger partial charge in [0.15, 0.2) is 6.29 Å². The largest absolute Gasteiger partial charge is 0.490 e. The van der Waals surface area contributed by atoms with Crippen LogP contribution >= 0.6 is 0 Å². The van der Waals surface area contributed by atoms with Crippen molar-refractivity contribution in [1.29, 1.82) is 0 Å². The van der Waals surface area contributed by atoms with Gasteiger partial charge in [-0.2, -0.15) is 0 Å². The second kappa shape index (κ2) is 4.34. The zero-order valence-electron chi connectivity index (χ0n) is 8.08. The number of benzene rings is 1. The number of nitrogens with zero attached hydrogens (tertiary/aromatic N) is 2. The van der Waals surface area contributed by atoms with Crippen LogP contribution in [0.3, 0.4) is 0 Å². The number of rotatable bonds is 4. The summed E-state index contributed by atoms with van der Waals surface area (Å²) >= 11 is 0. The molecule has 0 unspecified atom stereocenters. The normalized spacial score (nSPS) is 9.56. The molecule has 84 valence electrons. The van der Waals surface area contributed by atoms with Gasteiger partial charge in [0.05, 0.1) is 28.6 Å². The minimum absolute atomic E-state index is 0.233. The Morgan fingerprint density at radius 3 is 2.25 bits per heavy atom. The predicted molar refractivity (Wildman–Crippen MR) is 51.7 cm³/mol. The van der Waals surface area contributed by atoms with E-state index in [9.17, 15) is 25.0 Å². The molecule has 8 nitrogen and oxygen atoms in total. The third-order valence-electron chi connectivity index (χ3n) is 1.82. The van der Waals surface area contributed by atoms with E-state index >= 15 is 0 Å². The molecule has 16 heavy (non-hydrogen) atoms. The highest BCUT2D eigenvalue weighted by atomic mass is 16.6. The summed E-state index contributed by atoms with van der Waals surface area (Å²) in [5, 5.41) is 21.1.